The Morgan fingerprint density at radius 2 is 2.11 bits per heavy atom. The van der Waals surface area contributed by atoms with Gasteiger partial charge in [0.15, 0.2) is 0 Å². The highest BCUT2D eigenvalue weighted by Gasteiger charge is 2.22. The van der Waals surface area contributed by atoms with Crippen LogP contribution in [0, 0.1) is 0 Å². The average Bonchev–Trinajstić information content (AvgIpc) is 2.85. The second-order valence-electron chi connectivity index (χ2n) is 4.17. The van der Waals surface area contributed by atoms with E-state index in [0.29, 0.717) is 19.3 Å². The van der Waals surface area contributed by atoms with Crippen LogP contribution < -0.4 is 4.90 Å². The van der Waals surface area contributed by atoms with Gasteiger partial charge in [-0.05, 0) is 26.0 Å². The van der Waals surface area contributed by atoms with Crippen molar-refractivity contribution in [2.24, 2.45) is 4.99 Å². The van der Waals surface area contributed by atoms with Crippen molar-refractivity contribution in [3.63, 3.8) is 0 Å². The van der Waals surface area contributed by atoms with Gasteiger partial charge in [0.2, 0.25) is 0 Å². The van der Waals surface area contributed by atoms with E-state index in [1.165, 1.54) is 5.69 Å². The molecule has 0 saturated heterocycles. The molecule has 2 rings (SSSR count). The van der Waals surface area contributed by atoms with Gasteiger partial charge in [0.25, 0.3) is 0 Å². The molecule has 18 heavy (non-hydrogen) atoms. The maximum atomic E-state index is 5.39. The Bertz CT molecular complexity index is 392. The third-order valence-corrected chi connectivity index (χ3v) is 2.89. The quantitative estimate of drug-likeness (QED) is 0.802. The molecule has 4 heteroatoms. The summed E-state index contributed by atoms with van der Waals surface area (Å²) < 4.78 is 10.7. The summed E-state index contributed by atoms with van der Waals surface area (Å²) in [5.41, 5.74) is 1.22. The summed E-state index contributed by atoms with van der Waals surface area (Å²) in [4.78, 5) is 6.72. The molecular formula is C14H20N2O2. The number of anilines is 1. The zero-order valence-electron chi connectivity index (χ0n) is 11.0. The monoisotopic (exact) mass is 248 g/mol. The van der Waals surface area contributed by atoms with E-state index >= 15 is 0 Å². The largest absolute Gasteiger partial charge is 0.451 e. The second-order valence-corrected chi connectivity index (χ2v) is 4.17. The standard InChI is InChI=1S/C14H20N2O2/c1-3-16(13-8-6-5-7-9-13)10-12-11-18-14(15-12)17-4-2/h5-9,12H,3-4,10-11H2,1-2H3/t12-/m0/s1. The van der Waals surface area contributed by atoms with Crippen LogP contribution in [0.1, 0.15) is 13.8 Å². The molecule has 1 aromatic carbocycles. The zero-order valence-corrected chi connectivity index (χ0v) is 11.0. The van der Waals surface area contributed by atoms with Gasteiger partial charge in [0, 0.05) is 18.8 Å². The molecule has 1 heterocycles. The van der Waals surface area contributed by atoms with E-state index in [-0.39, 0.29) is 6.04 Å². The molecule has 0 radical (unpaired) electrons. The van der Waals surface area contributed by atoms with Crippen LogP contribution in [0.2, 0.25) is 0 Å². The van der Waals surface area contributed by atoms with Crippen molar-refractivity contribution < 1.29 is 9.47 Å². The Hall–Kier alpha value is -1.71. The third-order valence-electron chi connectivity index (χ3n) is 2.89. The summed E-state index contributed by atoms with van der Waals surface area (Å²) in [6, 6.07) is 10.5. The van der Waals surface area contributed by atoms with Crippen LogP contribution in [0.5, 0.6) is 0 Å². The number of ether oxygens (including phenoxy) is 2. The fourth-order valence-corrected chi connectivity index (χ4v) is 2.00. The Balaban J connectivity index is 1.96. The van der Waals surface area contributed by atoms with Gasteiger partial charge in [-0.2, -0.15) is 0 Å². The first kappa shape index (κ1) is 12.7. The molecular weight excluding hydrogens is 228 g/mol. The fraction of sp³-hybridized carbons (Fsp3) is 0.500. The fourth-order valence-electron chi connectivity index (χ4n) is 2.00. The van der Waals surface area contributed by atoms with E-state index in [1.807, 2.05) is 13.0 Å². The van der Waals surface area contributed by atoms with Gasteiger partial charge in [-0.1, -0.05) is 18.2 Å². The molecule has 0 N–H and O–H groups in total. The molecule has 1 atom stereocenters. The lowest BCUT2D eigenvalue weighted by molar-refractivity contribution is 0.193. The lowest BCUT2D eigenvalue weighted by Gasteiger charge is -2.24. The number of para-hydroxylation sites is 1. The summed E-state index contributed by atoms with van der Waals surface area (Å²) in [7, 11) is 0. The summed E-state index contributed by atoms with van der Waals surface area (Å²) in [6.07, 6.45) is 0.437. The third kappa shape index (κ3) is 3.15. The predicted molar refractivity (Wildman–Crippen MR) is 73.1 cm³/mol. The smallest absolute Gasteiger partial charge is 0.383 e. The number of hydrogen-bond donors (Lipinski definition) is 0. The molecule has 0 fully saturated rings. The molecule has 0 amide bonds. The van der Waals surface area contributed by atoms with Crippen molar-refractivity contribution >= 4 is 11.8 Å². The highest BCUT2D eigenvalue weighted by molar-refractivity contribution is 5.68. The number of benzene rings is 1. The number of likely N-dealkylation sites (N-methyl/N-ethyl adjacent to an activating group) is 1. The van der Waals surface area contributed by atoms with Crippen molar-refractivity contribution in [1.29, 1.82) is 0 Å². The lowest BCUT2D eigenvalue weighted by Crippen LogP contribution is -2.32. The summed E-state index contributed by atoms with van der Waals surface area (Å²) in [6.45, 7) is 7.11. The van der Waals surface area contributed by atoms with E-state index in [1.54, 1.807) is 0 Å². The molecule has 0 unspecified atom stereocenters. The number of nitrogens with zero attached hydrogens (tertiary/aromatic N) is 2. The molecule has 0 saturated carbocycles. The number of aliphatic imine (C=N–C) groups is 1. The van der Waals surface area contributed by atoms with E-state index in [2.05, 4.69) is 41.1 Å². The van der Waals surface area contributed by atoms with Gasteiger partial charge in [0.05, 0.1) is 6.61 Å². The maximum Gasteiger partial charge on any atom is 0.383 e. The van der Waals surface area contributed by atoms with Crippen LogP contribution >= 0.6 is 0 Å². The molecule has 0 bridgehead atoms. The minimum Gasteiger partial charge on any atom is -0.451 e. The van der Waals surface area contributed by atoms with Crippen LogP contribution in [0.15, 0.2) is 35.3 Å². The van der Waals surface area contributed by atoms with Gasteiger partial charge < -0.3 is 14.4 Å². The average molecular weight is 248 g/mol. The Labute approximate surface area is 108 Å². The topological polar surface area (TPSA) is 34.1 Å². The van der Waals surface area contributed by atoms with Crippen LogP contribution in [0.25, 0.3) is 0 Å². The predicted octanol–water partition coefficient (Wildman–Crippen LogP) is 2.30. The van der Waals surface area contributed by atoms with Crippen molar-refractivity contribution in [3.8, 4) is 0 Å². The molecule has 1 aliphatic heterocycles. The molecule has 0 aliphatic carbocycles. The van der Waals surface area contributed by atoms with Gasteiger partial charge in [0.1, 0.15) is 12.6 Å². The van der Waals surface area contributed by atoms with Gasteiger partial charge in [-0.3, -0.25) is 0 Å². The Morgan fingerprint density at radius 3 is 2.78 bits per heavy atom. The summed E-state index contributed by atoms with van der Waals surface area (Å²) >= 11 is 0. The Morgan fingerprint density at radius 1 is 1.33 bits per heavy atom. The first-order valence-electron chi connectivity index (χ1n) is 6.46. The van der Waals surface area contributed by atoms with Crippen LogP contribution in [0.4, 0.5) is 5.69 Å². The van der Waals surface area contributed by atoms with Gasteiger partial charge >= 0.3 is 6.08 Å². The first-order chi connectivity index (χ1) is 8.83. The molecule has 98 valence electrons. The van der Waals surface area contributed by atoms with Crippen LogP contribution in [-0.2, 0) is 9.47 Å². The van der Waals surface area contributed by atoms with Crippen molar-refractivity contribution in [3.05, 3.63) is 30.3 Å². The highest BCUT2D eigenvalue weighted by Crippen LogP contribution is 2.16. The molecule has 0 spiro atoms. The Kier molecular flexibility index (Phi) is 4.45. The van der Waals surface area contributed by atoms with Gasteiger partial charge in [-0.15, -0.1) is 0 Å². The van der Waals surface area contributed by atoms with Gasteiger partial charge in [-0.25, -0.2) is 4.99 Å². The van der Waals surface area contributed by atoms with Crippen molar-refractivity contribution in [2.75, 3.05) is 31.2 Å². The maximum absolute atomic E-state index is 5.39. The lowest BCUT2D eigenvalue weighted by atomic mass is 10.2. The zero-order chi connectivity index (χ0) is 12.8. The van der Waals surface area contributed by atoms with E-state index in [0.717, 1.165) is 13.1 Å². The molecule has 1 aliphatic rings. The molecule has 1 aromatic rings. The summed E-state index contributed by atoms with van der Waals surface area (Å²) in [5, 5.41) is 0. The minimum atomic E-state index is 0.159. The van der Waals surface area contributed by atoms with E-state index < -0.39 is 0 Å². The number of rotatable bonds is 5. The second kappa shape index (κ2) is 6.28. The molecule has 0 aromatic heterocycles. The van der Waals surface area contributed by atoms with Crippen LogP contribution in [0.3, 0.4) is 0 Å². The van der Waals surface area contributed by atoms with E-state index in [4.69, 9.17) is 9.47 Å². The number of hydrogen-bond acceptors (Lipinski definition) is 4. The normalized spacial score (nSPS) is 18.1. The SMILES string of the molecule is CCOC1=N[C@@H](CN(CC)c2ccccc2)CO1. The van der Waals surface area contributed by atoms with Crippen molar-refractivity contribution in [1.82, 2.24) is 0 Å². The first-order valence-corrected chi connectivity index (χ1v) is 6.46. The highest BCUT2D eigenvalue weighted by atomic mass is 16.7. The summed E-state index contributed by atoms with van der Waals surface area (Å²) in [5.74, 6) is 0. The van der Waals surface area contributed by atoms with Crippen LogP contribution in [-0.4, -0.2) is 38.4 Å². The minimum absolute atomic E-state index is 0.159. The van der Waals surface area contributed by atoms with E-state index in [9.17, 15) is 0 Å². The van der Waals surface area contributed by atoms with Crippen molar-refractivity contribution in [2.45, 2.75) is 19.9 Å². The molecule has 4 nitrogen and oxygen atoms in total.